The van der Waals surface area contributed by atoms with E-state index in [1.54, 1.807) is 0 Å². The lowest BCUT2D eigenvalue weighted by Crippen LogP contribution is -2.01. The van der Waals surface area contributed by atoms with Crippen molar-refractivity contribution < 1.29 is 0 Å². The predicted molar refractivity (Wildman–Crippen MR) is 68.6 cm³/mol. The van der Waals surface area contributed by atoms with Gasteiger partial charge in [-0.2, -0.15) is 5.10 Å². The van der Waals surface area contributed by atoms with Gasteiger partial charge in [-0.15, -0.1) is 0 Å². The first-order valence-corrected chi connectivity index (χ1v) is 5.73. The van der Waals surface area contributed by atoms with Gasteiger partial charge in [0.25, 0.3) is 0 Å². The first-order valence-electron chi connectivity index (χ1n) is 5.35. The summed E-state index contributed by atoms with van der Waals surface area (Å²) >= 11 is 5.97. The Balaban J connectivity index is 2.28. The lowest BCUT2D eigenvalue weighted by molar-refractivity contribution is 0.728. The number of fused-ring (bicyclic) bond motifs is 1. The van der Waals surface area contributed by atoms with E-state index in [1.165, 1.54) is 0 Å². The standard InChI is InChI=1S/C13H11ClN3/c1-9-7-13(16(2)15-9)17-6-5-10-8-11(14)3-4-12(10)17/h3-6,8H,1-2H3. The van der Waals surface area contributed by atoms with Crippen molar-refractivity contribution in [3.05, 3.63) is 47.2 Å². The molecule has 0 N–H and O–H groups in total. The van der Waals surface area contributed by atoms with E-state index >= 15 is 0 Å². The van der Waals surface area contributed by atoms with E-state index in [0.29, 0.717) is 0 Å². The van der Waals surface area contributed by atoms with Crippen LogP contribution in [-0.2, 0) is 7.05 Å². The normalized spacial score (nSPS) is 11.2. The molecule has 3 aromatic rings. The van der Waals surface area contributed by atoms with Crippen molar-refractivity contribution in [3.8, 4) is 5.82 Å². The Hall–Kier alpha value is -1.74. The van der Waals surface area contributed by atoms with Crippen LogP contribution in [0.4, 0.5) is 0 Å². The van der Waals surface area contributed by atoms with Gasteiger partial charge in [0, 0.05) is 23.7 Å². The van der Waals surface area contributed by atoms with Crippen molar-refractivity contribution in [2.45, 2.75) is 6.92 Å². The van der Waals surface area contributed by atoms with E-state index in [9.17, 15) is 0 Å². The Morgan fingerprint density at radius 3 is 2.82 bits per heavy atom. The molecular weight excluding hydrogens is 234 g/mol. The van der Waals surface area contributed by atoms with Crippen LogP contribution in [-0.4, -0.2) is 14.3 Å². The van der Waals surface area contributed by atoms with E-state index in [-0.39, 0.29) is 0 Å². The number of rotatable bonds is 1. The maximum Gasteiger partial charge on any atom is 0.143 e. The molecule has 0 saturated heterocycles. The number of nitrogens with zero attached hydrogens (tertiary/aromatic N) is 3. The van der Waals surface area contributed by atoms with Crippen molar-refractivity contribution in [2.75, 3.05) is 0 Å². The summed E-state index contributed by atoms with van der Waals surface area (Å²) in [6.45, 7) is 1.94. The van der Waals surface area contributed by atoms with Crippen LogP contribution in [0, 0.1) is 13.0 Å². The fourth-order valence-electron chi connectivity index (χ4n) is 2.05. The molecule has 2 heterocycles. The van der Waals surface area contributed by atoms with Crippen LogP contribution in [0.3, 0.4) is 0 Å². The van der Waals surface area contributed by atoms with E-state index in [0.717, 1.165) is 27.4 Å². The van der Waals surface area contributed by atoms with Gasteiger partial charge < -0.3 is 4.57 Å². The number of aryl methyl sites for hydroxylation is 2. The average Bonchev–Trinajstić information content (AvgIpc) is 2.81. The lowest BCUT2D eigenvalue weighted by atomic mass is 10.2. The summed E-state index contributed by atoms with van der Waals surface area (Å²) in [6, 6.07) is 11.1. The fourth-order valence-corrected chi connectivity index (χ4v) is 2.23. The number of halogens is 1. The van der Waals surface area contributed by atoms with Gasteiger partial charge in [0.1, 0.15) is 5.82 Å². The van der Waals surface area contributed by atoms with Crippen LogP contribution in [0.15, 0.2) is 30.5 Å². The summed E-state index contributed by atoms with van der Waals surface area (Å²) < 4.78 is 3.88. The average molecular weight is 245 g/mol. The zero-order valence-electron chi connectivity index (χ0n) is 9.61. The Kier molecular flexibility index (Phi) is 2.23. The van der Waals surface area contributed by atoms with Gasteiger partial charge in [-0.25, -0.2) is 0 Å². The second-order valence-electron chi connectivity index (χ2n) is 4.05. The molecule has 0 fully saturated rings. The quantitative estimate of drug-likeness (QED) is 0.645. The molecule has 1 radical (unpaired) electrons. The fraction of sp³-hybridized carbons (Fsp3) is 0.154. The smallest absolute Gasteiger partial charge is 0.143 e. The van der Waals surface area contributed by atoms with E-state index < -0.39 is 0 Å². The molecule has 0 amide bonds. The van der Waals surface area contributed by atoms with Gasteiger partial charge in [-0.05, 0) is 31.2 Å². The third-order valence-electron chi connectivity index (χ3n) is 2.78. The number of aromatic nitrogens is 3. The molecule has 3 nitrogen and oxygen atoms in total. The molecule has 85 valence electrons. The minimum atomic E-state index is 0.750. The molecule has 0 atom stereocenters. The van der Waals surface area contributed by atoms with E-state index in [4.69, 9.17) is 11.6 Å². The van der Waals surface area contributed by atoms with E-state index in [1.807, 2.05) is 49.1 Å². The molecular formula is C13H11ClN3. The van der Waals surface area contributed by atoms with Crippen molar-refractivity contribution >= 4 is 22.5 Å². The monoisotopic (exact) mass is 244 g/mol. The Morgan fingerprint density at radius 1 is 1.29 bits per heavy atom. The molecule has 0 aliphatic carbocycles. The third kappa shape index (κ3) is 1.63. The molecule has 0 unspecified atom stereocenters. The van der Waals surface area contributed by atoms with Crippen LogP contribution in [0.25, 0.3) is 16.7 Å². The first kappa shape index (κ1) is 10.4. The van der Waals surface area contributed by atoms with Gasteiger partial charge in [0.15, 0.2) is 0 Å². The van der Waals surface area contributed by atoms with Crippen molar-refractivity contribution in [1.82, 2.24) is 14.3 Å². The van der Waals surface area contributed by atoms with Crippen LogP contribution in [0.2, 0.25) is 5.02 Å². The first-order chi connectivity index (χ1) is 8.15. The van der Waals surface area contributed by atoms with Crippen molar-refractivity contribution in [3.63, 3.8) is 0 Å². The molecule has 0 spiro atoms. The maximum absolute atomic E-state index is 5.97. The highest BCUT2D eigenvalue weighted by Gasteiger charge is 2.08. The number of benzene rings is 1. The van der Waals surface area contributed by atoms with Crippen LogP contribution in [0.5, 0.6) is 0 Å². The summed E-state index contributed by atoms with van der Waals surface area (Å²) in [5, 5.41) is 6.17. The molecule has 3 rings (SSSR count). The van der Waals surface area contributed by atoms with Crippen LogP contribution < -0.4 is 0 Å². The summed E-state index contributed by atoms with van der Waals surface area (Å²) in [5.41, 5.74) is 1.99. The van der Waals surface area contributed by atoms with Gasteiger partial charge in [-0.3, -0.25) is 4.68 Å². The molecule has 0 saturated carbocycles. The van der Waals surface area contributed by atoms with Gasteiger partial charge >= 0.3 is 0 Å². The maximum atomic E-state index is 5.97. The van der Waals surface area contributed by atoms with Gasteiger partial charge in [0.05, 0.1) is 17.3 Å². The largest absolute Gasteiger partial charge is 0.301 e. The zero-order chi connectivity index (χ0) is 12.0. The summed E-state index contributed by atoms with van der Waals surface area (Å²) in [4.78, 5) is 0. The summed E-state index contributed by atoms with van der Waals surface area (Å²) in [5.74, 6) is 0.930. The Morgan fingerprint density at radius 2 is 2.12 bits per heavy atom. The minimum absolute atomic E-state index is 0.750. The molecule has 4 heteroatoms. The van der Waals surface area contributed by atoms with Crippen molar-refractivity contribution in [1.29, 1.82) is 0 Å². The molecule has 17 heavy (non-hydrogen) atoms. The summed E-state index contributed by atoms with van der Waals surface area (Å²) in [6.07, 6.45) is 2.01. The highest BCUT2D eigenvalue weighted by Crippen LogP contribution is 2.23. The number of hydrogen-bond donors (Lipinski definition) is 0. The van der Waals surface area contributed by atoms with E-state index in [2.05, 4.69) is 15.7 Å². The lowest BCUT2D eigenvalue weighted by Gasteiger charge is -2.04. The molecule has 0 bridgehead atoms. The molecule has 0 aliphatic rings. The Labute approximate surface area is 104 Å². The zero-order valence-corrected chi connectivity index (χ0v) is 10.4. The molecule has 2 aromatic heterocycles. The minimum Gasteiger partial charge on any atom is -0.301 e. The van der Waals surface area contributed by atoms with Crippen LogP contribution >= 0.6 is 11.6 Å². The topological polar surface area (TPSA) is 22.8 Å². The van der Waals surface area contributed by atoms with Gasteiger partial charge in [-0.1, -0.05) is 11.6 Å². The third-order valence-corrected chi connectivity index (χ3v) is 3.01. The molecule has 1 aromatic carbocycles. The number of hydrogen-bond acceptors (Lipinski definition) is 1. The molecule has 0 aliphatic heterocycles. The highest BCUT2D eigenvalue weighted by atomic mass is 35.5. The van der Waals surface area contributed by atoms with Crippen LogP contribution in [0.1, 0.15) is 5.69 Å². The SMILES string of the molecule is Cc1[c]c(-n2ccc3cc(Cl)ccc32)n(C)n1. The van der Waals surface area contributed by atoms with Crippen molar-refractivity contribution in [2.24, 2.45) is 7.05 Å². The Bertz CT molecular complexity index is 694. The summed E-state index contributed by atoms with van der Waals surface area (Å²) in [7, 11) is 1.92. The van der Waals surface area contributed by atoms with Gasteiger partial charge in [0.2, 0.25) is 0 Å². The predicted octanol–water partition coefficient (Wildman–Crippen LogP) is 3.13. The highest BCUT2D eigenvalue weighted by molar-refractivity contribution is 6.31. The second kappa shape index (κ2) is 3.64. The second-order valence-corrected chi connectivity index (χ2v) is 4.48.